The lowest BCUT2D eigenvalue weighted by atomic mass is 9.99. The van der Waals surface area contributed by atoms with Gasteiger partial charge in [0.25, 0.3) is 0 Å². The monoisotopic (exact) mass is 182 g/mol. The zero-order chi connectivity index (χ0) is 9.84. The number of aryl methyl sites for hydroxylation is 1. The fourth-order valence-corrected chi connectivity index (χ4v) is 1.39. The molecule has 0 aromatic heterocycles. The van der Waals surface area contributed by atoms with Crippen LogP contribution in [0.15, 0.2) is 18.2 Å². The Morgan fingerprint density at radius 3 is 2.77 bits per heavy atom. The van der Waals surface area contributed by atoms with Crippen LogP contribution in [0.25, 0.3) is 0 Å². The lowest BCUT2D eigenvalue weighted by Crippen LogP contribution is -2.05. The van der Waals surface area contributed by atoms with Crippen LogP contribution in [0.1, 0.15) is 24.0 Å². The Kier molecular flexibility index (Phi) is 3.43. The van der Waals surface area contributed by atoms with Gasteiger partial charge in [0, 0.05) is 13.0 Å². The summed E-state index contributed by atoms with van der Waals surface area (Å²) in [4.78, 5) is 0. The highest BCUT2D eigenvalue weighted by molar-refractivity contribution is 5.27. The third kappa shape index (κ3) is 2.28. The first-order chi connectivity index (χ1) is 6.16. The molecule has 0 aliphatic heterocycles. The Morgan fingerprint density at radius 2 is 2.15 bits per heavy atom. The average molecular weight is 182 g/mol. The SMILES string of the molecule is COCC(C)c1cccc(C)c1F. The highest BCUT2D eigenvalue weighted by Gasteiger charge is 2.11. The van der Waals surface area contributed by atoms with Gasteiger partial charge < -0.3 is 4.74 Å². The van der Waals surface area contributed by atoms with Crippen molar-refractivity contribution in [2.75, 3.05) is 13.7 Å². The van der Waals surface area contributed by atoms with Crippen LogP contribution in [0.5, 0.6) is 0 Å². The molecule has 1 nitrogen and oxygen atoms in total. The van der Waals surface area contributed by atoms with Crippen molar-refractivity contribution in [3.63, 3.8) is 0 Å². The topological polar surface area (TPSA) is 9.23 Å². The maximum absolute atomic E-state index is 13.5. The van der Waals surface area contributed by atoms with Gasteiger partial charge in [-0.1, -0.05) is 25.1 Å². The molecule has 0 amide bonds. The fourth-order valence-electron chi connectivity index (χ4n) is 1.39. The maximum atomic E-state index is 13.5. The molecule has 2 heteroatoms. The summed E-state index contributed by atoms with van der Waals surface area (Å²) in [5.74, 6) is 0.0111. The van der Waals surface area contributed by atoms with E-state index in [1.54, 1.807) is 20.1 Å². The molecule has 0 heterocycles. The second-order valence-electron chi connectivity index (χ2n) is 3.33. The third-order valence-corrected chi connectivity index (χ3v) is 2.17. The minimum Gasteiger partial charge on any atom is -0.384 e. The largest absolute Gasteiger partial charge is 0.384 e. The number of halogens is 1. The molecule has 0 bridgehead atoms. The molecule has 1 unspecified atom stereocenters. The molecule has 0 N–H and O–H groups in total. The highest BCUT2D eigenvalue weighted by Crippen LogP contribution is 2.21. The normalized spacial score (nSPS) is 12.9. The highest BCUT2D eigenvalue weighted by atomic mass is 19.1. The van der Waals surface area contributed by atoms with Crippen molar-refractivity contribution in [3.05, 3.63) is 35.1 Å². The van der Waals surface area contributed by atoms with Crippen molar-refractivity contribution in [2.45, 2.75) is 19.8 Å². The molecule has 1 atom stereocenters. The zero-order valence-electron chi connectivity index (χ0n) is 8.30. The number of hydrogen-bond donors (Lipinski definition) is 0. The molecule has 13 heavy (non-hydrogen) atoms. The van der Waals surface area contributed by atoms with Gasteiger partial charge in [-0.2, -0.15) is 0 Å². The first-order valence-corrected chi connectivity index (χ1v) is 4.40. The van der Waals surface area contributed by atoms with Crippen molar-refractivity contribution in [1.82, 2.24) is 0 Å². The molecular formula is C11H15FO. The van der Waals surface area contributed by atoms with Crippen LogP contribution in [0.2, 0.25) is 0 Å². The fraction of sp³-hybridized carbons (Fsp3) is 0.455. The molecule has 0 spiro atoms. The van der Waals surface area contributed by atoms with Gasteiger partial charge in [-0.15, -0.1) is 0 Å². The van der Waals surface area contributed by atoms with Crippen LogP contribution in [0.3, 0.4) is 0 Å². The Bertz CT molecular complexity index is 283. The number of ether oxygens (including phenoxy) is 1. The van der Waals surface area contributed by atoms with Crippen LogP contribution in [-0.2, 0) is 4.74 Å². The first-order valence-electron chi connectivity index (χ1n) is 4.40. The van der Waals surface area contributed by atoms with Gasteiger partial charge in [0.05, 0.1) is 6.61 Å². The Morgan fingerprint density at radius 1 is 1.46 bits per heavy atom. The van der Waals surface area contributed by atoms with Gasteiger partial charge in [0.15, 0.2) is 0 Å². The molecule has 0 saturated carbocycles. The molecule has 1 aromatic carbocycles. The van der Waals surface area contributed by atoms with Crippen LogP contribution in [0.4, 0.5) is 4.39 Å². The van der Waals surface area contributed by atoms with E-state index in [9.17, 15) is 4.39 Å². The summed E-state index contributed by atoms with van der Waals surface area (Å²) in [5.41, 5.74) is 1.43. The number of methoxy groups -OCH3 is 1. The minimum atomic E-state index is -0.105. The van der Waals surface area contributed by atoms with E-state index in [2.05, 4.69) is 0 Å². The summed E-state index contributed by atoms with van der Waals surface area (Å²) < 4.78 is 18.5. The standard InChI is InChI=1S/C11H15FO/c1-8-5-4-6-10(11(8)12)9(2)7-13-3/h4-6,9H,7H2,1-3H3. The van der Waals surface area contributed by atoms with Crippen LogP contribution < -0.4 is 0 Å². The molecule has 1 aromatic rings. The molecule has 1 rings (SSSR count). The number of hydrogen-bond acceptors (Lipinski definition) is 1. The molecular weight excluding hydrogens is 167 g/mol. The van der Waals surface area contributed by atoms with Gasteiger partial charge in [-0.05, 0) is 18.1 Å². The average Bonchev–Trinajstić information content (AvgIpc) is 2.10. The van der Waals surface area contributed by atoms with Crippen molar-refractivity contribution in [2.24, 2.45) is 0 Å². The van der Waals surface area contributed by atoms with Crippen LogP contribution in [-0.4, -0.2) is 13.7 Å². The van der Waals surface area contributed by atoms with Crippen molar-refractivity contribution in [1.29, 1.82) is 0 Å². The molecule has 0 aliphatic rings. The van der Waals surface area contributed by atoms with Gasteiger partial charge in [-0.25, -0.2) is 4.39 Å². The summed E-state index contributed by atoms with van der Waals surface area (Å²) in [7, 11) is 1.63. The van der Waals surface area contributed by atoms with Crippen LogP contribution in [0, 0.1) is 12.7 Å². The molecule has 0 fully saturated rings. The molecule has 0 radical (unpaired) electrons. The molecule has 72 valence electrons. The van der Waals surface area contributed by atoms with Gasteiger partial charge >= 0.3 is 0 Å². The third-order valence-electron chi connectivity index (χ3n) is 2.17. The van der Waals surface area contributed by atoms with E-state index in [1.165, 1.54) is 0 Å². The Labute approximate surface area is 78.5 Å². The molecule has 0 aliphatic carbocycles. The van der Waals surface area contributed by atoms with Crippen LogP contribution >= 0.6 is 0 Å². The number of rotatable bonds is 3. The Hall–Kier alpha value is -0.890. The smallest absolute Gasteiger partial charge is 0.129 e. The van der Waals surface area contributed by atoms with Crippen molar-refractivity contribution >= 4 is 0 Å². The molecule has 0 saturated heterocycles. The predicted octanol–water partition coefficient (Wildman–Crippen LogP) is 2.88. The summed E-state index contributed by atoms with van der Waals surface area (Å²) in [6, 6.07) is 5.46. The lowest BCUT2D eigenvalue weighted by molar-refractivity contribution is 0.183. The summed E-state index contributed by atoms with van der Waals surface area (Å²) in [5, 5.41) is 0. The van der Waals surface area contributed by atoms with Crippen molar-refractivity contribution < 1.29 is 9.13 Å². The van der Waals surface area contributed by atoms with E-state index in [4.69, 9.17) is 4.74 Å². The number of benzene rings is 1. The van der Waals surface area contributed by atoms with E-state index < -0.39 is 0 Å². The quantitative estimate of drug-likeness (QED) is 0.698. The van der Waals surface area contributed by atoms with E-state index in [1.807, 2.05) is 19.1 Å². The van der Waals surface area contributed by atoms with E-state index in [-0.39, 0.29) is 11.7 Å². The van der Waals surface area contributed by atoms with Gasteiger partial charge in [0.1, 0.15) is 5.82 Å². The van der Waals surface area contributed by atoms with E-state index in [0.717, 1.165) is 5.56 Å². The lowest BCUT2D eigenvalue weighted by Gasteiger charge is -2.12. The predicted molar refractivity (Wildman–Crippen MR) is 51.4 cm³/mol. The van der Waals surface area contributed by atoms with E-state index >= 15 is 0 Å². The summed E-state index contributed by atoms with van der Waals surface area (Å²) in [6.45, 7) is 4.29. The first kappa shape index (κ1) is 10.2. The summed E-state index contributed by atoms with van der Waals surface area (Å²) in [6.07, 6.45) is 0. The maximum Gasteiger partial charge on any atom is 0.129 e. The minimum absolute atomic E-state index is 0.105. The second-order valence-corrected chi connectivity index (χ2v) is 3.33. The van der Waals surface area contributed by atoms with E-state index in [0.29, 0.717) is 12.2 Å². The Balaban J connectivity index is 2.93. The summed E-state index contributed by atoms with van der Waals surface area (Å²) >= 11 is 0. The van der Waals surface area contributed by atoms with Crippen molar-refractivity contribution in [3.8, 4) is 0 Å². The zero-order valence-corrected chi connectivity index (χ0v) is 8.30. The van der Waals surface area contributed by atoms with Gasteiger partial charge in [0.2, 0.25) is 0 Å². The van der Waals surface area contributed by atoms with Gasteiger partial charge in [-0.3, -0.25) is 0 Å². The second kappa shape index (κ2) is 4.38.